The van der Waals surface area contributed by atoms with E-state index in [-0.39, 0.29) is 6.03 Å². The van der Waals surface area contributed by atoms with E-state index in [0.717, 1.165) is 19.0 Å². The van der Waals surface area contributed by atoms with Crippen molar-refractivity contribution in [2.24, 2.45) is 5.92 Å². The molecule has 0 spiro atoms. The van der Waals surface area contributed by atoms with Crippen molar-refractivity contribution in [2.75, 3.05) is 33.7 Å². The third kappa shape index (κ3) is 4.72. The topological polar surface area (TPSA) is 44.4 Å². The number of carbonyl (C=O) groups is 1. The van der Waals surface area contributed by atoms with Gasteiger partial charge in [0.05, 0.1) is 0 Å². The van der Waals surface area contributed by atoms with Gasteiger partial charge in [-0.05, 0) is 25.3 Å². The number of carbonyl (C=O) groups excluding carboxylic acids is 1. The molecule has 4 heteroatoms. The molecule has 0 bridgehead atoms. The van der Waals surface area contributed by atoms with Crippen molar-refractivity contribution in [3.8, 4) is 0 Å². The molecule has 1 fully saturated rings. The summed E-state index contributed by atoms with van der Waals surface area (Å²) in [5, 5.41) is 6.11. The maximum Gasteiger partial charge on any atom is 0.316 e. The number of rotatable bonds is 5. The van der Waals surface area contributed by atoms with Crippen molar-refractivity contribution < 1.29 is 4.79 Å². The fourth-order valence-electron chi connectivity index (χ4n) is 1.04. The molecular formula is C9H19N3O. The molecule has 0 aromatic heterocycles. The Labute approximate surface area is 79.7 Å². The van der Waals surface area contributed by atoms with Gasteiger partial charge in [0.25, 0.3) is 0 Å². The summed E-state index contributed by atoms with van der Waals surface area (Å²) in [4.78, 5) is 12.6. The highest BCUT2D eigenvalue weighted by Crippen LogP contribution is 2.27. The Balaban J connectivity index is 1.85. The van der Waals surface area contributed by atoms with E-state index in [4.69, 9.17) is 0 Å². The van der Waals surface area contributed by atoms with Gasteiger partial charge >= 0.3 is 6.03 Å². The first kappa shape index (κ1) is 10.3. The van der Waals surface area contributed by atoms with Crippen LogP contribution in [0.1, 0.15) is 12.8 Å². The monoisotopic (exact) mass is 185 g/mol. The van der Waals surface area contributed by atoms with Crippen LogP contribution in [0.15, 0.2) is 0 Å². The number of urea groups is 1. The minimum Gasteiger partial charge on any atom is -0.337 e. The molecule has 0 unspecified atom stereocenters. The lowest BCUT2D eigenvalue weighted by Gasteiger charge is -2.11. The van der Waals surface area contributed by atoms with Crippen LogP contribution in [-0.2, 0) is 0 Å². The summed E-state index contributed by atoms with van der Waals surface area (Å²) in [6.45, 7) is 2.69. The van der Waals surface area contributed by atoms with Gasteiger partial charge in [0, 0.05) is 27.2 Å². The summed E-state index contributed by atoms with van der Waals surface area (Å²) in [7, 11) is 3.49. The van der Waals surface area contributed by atoms with Crippen molar-refractivity contribution in [1.82, 2.24) is 15.5 Å². The zero-order chi connectivity index (χ0) is 9.68. The van der Waals surface area contributed by atoms with Crippen molar-refractivity contribution in [3.63, 3.8) is 0 Å². The Morgan fingerprint density at radius 2 is 2.08 bits per heavy atom. The molecule has 0 aromatic carbocycles. The molecule has 13 heavy (non-hydrogen) atoms. The van der Waals surface area contributed by atoms with Gasteiger partial charge in [0.15, 0.2) is 0 Å². The Kier molecular flexibility index (Phi) is 4.02. The van der Waals surface area contributed by atoms with Crippen LogP contribution in [0.4, 0.5) is 4.79 Å². The zero-order valence-corrected chi connectivity index (χ0v) is 8.47. The quantitative estimate of drug-likeness (QED) is 0.603. The third-order valence-corrected chi connectivity index (χ3v) is 2.11. The molecule has 0 aromatic rings. The Bertz CT molecular complexity index is 166. The average molecular weight is 185 g/mol. The van der Waals surface area contributed by atoms with E-state index < -0.39 is 0 Å². The molecule has 0 saturated heterocycles. The van der Waals surface area contributed by atoms with Crippen molar-refractivity contribution in [2.45, 2.75) is 12.8 Å². The number of hydrogen-bond acceptors (Lipinski definition) is 2. The molecule has 1 aliphatic carbocycles. The average Bonchev–Trinajstić information content (AvgIpc) is 2.87. The fourth-order valence-corrected chi connectivity index (χ4v) is 1.04. The standard InChI is InChI=1S/C9H19N3O/c1-12(2)9(13)11-6-5-10-7-8-3-4-8/h8,10H,3-7H2,1-2H3,(H,11,13). The summed E-state index contributed by atoms with van der Waals surface area (Å²) >= 11 is 0. The van der Waals surface area contributed by atoms with Crippen LogP contribution in [0.25, 0.3) is 0 Å². The highest BCUT2D eigenvalue weighted by molar-refractivity contribution is 5.73. The molecule has 2 amide bonds. The van der Waals surface area contributed by atoms with Gasteiger partial charge in [-0.2, -0.15) is 0 Å². The molecule has 4 nitrogen and oxygen atoms in total. The van der Waals surface area contributed by atoms with Crippen molar-refractivity contribution >= 4 is 6.03 Å². The highest BCUT2D eigenvalue weighted by Gasteiger charge is 2.19. The third-order valence-electron chi connectivity index (χ3n) is 2.11. The second kappa shape index (κ2) is 5.07. The van der Waals surface area contributed by atoms with Gasteiger partial charge in [0.2, 0.25) is 0 Å². The van der Waals surface area contributed by atoms with Crippen LogP contribution in [-0.4, -0.2) is 44.7 Å². The summed E-state index contributed by atoms with van der Waals surface area (Å²) in [6.07, 6.45) is 2.74. The van der Waals surface area contributed by atoms with Crippen LogP contribution in [0.2, 0.25) is 0 Å². The number of nitrogens with one attached hydrogen (secondary N) is 2. The molecule has 76 valence electrons. The molecule has 0 radical (unpaired) electrons. The van der Waals surface area contributed by atoms with Crippen LogP contribution < -0.4 is 10.6 Å². The molecule has 1 aliphatic rings. The van der Waals surface area contributed by atoms with Gasteiger partial charge in [-0.15, -0.1) is 0 Å². The fraction of sp³-hybridized carbons (Fsp3) is 0.889. The lowest BCUT2D eigenvalue weighted by atomic mass is 10.4. The minimum atomic E-state index is -0.0202. The van der Waals surface area contributed by atoms with E-state index >= 15 is 0 Å². The predicted octanol–water partition coefficient (Wildman–Crippen LogP) is 0.257. The largest absolute Gasteiger partial charge is 0.337 e. The molecule has 2 N–H and O–H groups in total. The van der Waals surface area contributed by atoms with E-state index in [0.29, 0.717) is 6.54 Å². The molecule has 1 rings (SSSR count). The lowest BCUT2D eigenvalue weighted by molar-refractivity contribution is 0.217. The van der Waals surface area contributed by atoms with E-state index in [1.807, 2.05) is 0 Å². The molecule has 0 atom stereocenters. The Morgan fingerprint density at radius 3 is 2.62 bits per heavy atom. The first-order chi connectivity index (χ1) is 6.20. The second-order valence-corrected chi connectivity index (χ2v) is 3.77. The maximum absolute atomic E-state index is 11.0. The molecule has 0 heterocycles. The van der Waals surface area contributed by atoms with Gasteiger partial charge in [0.1, 0.15) is 0 Å². The summed E-state index contributed by atoms with van der Waals surface area (Å²) < 4.78 is 0. The van der Waals surface area contributed by atoms with Crippen LogP contribution in [0.5, 0.6) is 0 Å². The van der Waals surface area contributed by atoms with Crippen LogP contribution >= 0.6 is 0 Å². The number of nitrogens with zero attached hydrogens (tertiary/aromatic N) is 1. The first-order valence-electron chi connectivity index (χ1n) is 4.86. The smallest absolute Gasteiger partial charge is 0.316 e. The summed E-state index contributed by atoms with van der Waals surface area (Å²) in [6, 6.07) is -0.0202. The zero-order valence-electron chi connectivity index (χ0n) is 8.47. The first-order valence-corrected chi connectivity index (χ1v) is 4.86. The van der Waals surface area contributed by atoms with Gasteiger partial charge in [-0.25, -0.2) is 4.79 Å². The van der Waals surface area contributed by atoms with E-state index in [1.165, 1.54) is 12.8 Å². The molecule has 0 aliphatic heterocycles. The van der Waals surface area contributed by atoms with Crippen molar-refractivity contribution in [3.05, 3.63) is 0 Å². The van der Waals surface area contributed by atoms with Crippen LogP contribution in [0, 0.1) is 5.92 Å². The number of hydrogen-bond donors (Lipinski definition) is 2. The van der Waals surface area contributed by atoms with Crippen molar-refractivity contribution in [1.29, 1.82) is 0 Å². The van der Waals surface area contributed by atoms with Crippen LogP contribution in [0.3, 0.4) is 0 Å². The molecular weight excluding hydrogens is 166 g/mol. The van der Waals surface area contributed by atoms with Gasteiger partial charge in [-0.3, -0.25) is 0 Å². The molecule has 1 saturated carbocycles. The lowest BCUT2D eigenvalue weighted by Crippen LogP contribution is -2.38. The minimum absolute atomic E-state index is 0.0202. The predicted molar refractivity (Wildman–Crippen MR) is 52.7 cm³/mol. The SMILES string of the molecule is CN(C)C(=O)NCCNCC1CC1. The van der Waals surface area contributed by atoms with E-state index in [1.54, 1.807) is 19.0 Å². The number of amides is 2. The summed E-state index contributed by atoms with van der Waals surface area (Å²) in [5.41, 5.74) is 0. The second-order valence-electron chi connectivity index (χ2n) is 3.77. The highest BCUT2D eigenvalue weighted by atomic mass is 16.2. The Hall–Kier alpha value is -0.770. The van der Waals surface area contributed by atoms with Gasteiger partial charge < -0.3 is 15.5 Å². The Morgan fingerprint density at radius 1 is 1.38 bits per heavy atom. The normalized spacial score (nSPS) is 15.5. The maximum atomic E-state index is 11.0. The van der Waals surface area contributed by atoms with Gasteiger partial charge in [-0.1, -0.05) is 0 Å². The summed E-state index contributed by atoms with van der Waals surface area (Å²) in [5.74, 6) is 0.907. The van der Waals surface area contributed by atoms with E-state index in [2.05, 4.69) is 10.6 Å². The van der Waals surface area contributed by atoms with E-state index in [9.17, 15) is 4.79 Å².